The molecule has 0 radical (unpaired) electrons. The molecular weight excluding hydrogens is 294 g/mol. The molecule has 0 atom stereocenters. The Morgan fingerprint density at radius 3 is 2.68 bits per heavy atom. The number of aromatic nitrogens is 2. The second-order valence-electron chi connectivity index (χ2n) is 5.04. The van der Waals surface area contributed by atoms with Crippen LogP contribution in [0.1, 0.15) is 36.0 Å². The summed E-state index contributed by atoms with van der Waals surface area (Å²) < 4.78 is 6.19. The Bertz CT molecular complexity index is 671. The van der Waals surface area contributed by atoms with E-state index in [1.807, 2.05) is 4.98 Å². The maximum absolute atomic E-state index is 11.5. The minimum Gasteiger partial charge on any atom is -0.477 e. The van der Waals surface area contributed by atoms with Crippen LogP contribution in [0.2, 0.25) is 0 Å². The molecule has 1 saturated carbocycles. The number of H-pyrrole nitrogens is 1. The van der Waals surface area contributed by atoms with E-state index in [1.165, 1.54) is 0 Å². The van der Waals surface area contributed by atoms with Crippen molar-refractivity contribution in [1.82, 2.24) is 14.9 Å². The summed E-state index contributed by atoms with van der Waals surface area (Å²) in [4.78, 5) is 47.1. The van der Waals surface area contributed by atoms with Crippen molar-refractivity contribution in [3.8, 4) is 0 Å². The summed E-state index contributed by atoms with van der Waals surface area (Å²) in [7, 11) is 0. The van der Waals surface area contributed by atoms with E-state index in [1.54, 1.807) is 0 Å². The molecule has 0 aromatic carbocycles. The van der Waals surface area contributed by atoms with Gasteiger partial charge in [-0.15, -0.1) is 0 Å². The molecule has 9 nitrogen and oxygen atoms in total. The van der Waals surface area contributed by atoms with Crippen LogP contribution in [0.15, 0.2) is 15.8 Å². The van der Waals surface area contributed by atoms with Crippen molar-refractivity contribution in [2.45, 2.75) is 38.3 Å². The highest BCUT2D eigenvalue weighted by atomic mass is 16.6. The molecule has 0 saturated heterocycles. The van der Waals surface area contributed by atoms with Gasteiger partial charge in [0.1, 0.15) is 11.7 Å². The van der Waals surface area contributed by atoms with Crippen molar-refractivity contribution >= 4 is 12.1 Å². The number of hydrogen-bond donors (Lipinski definition) is 3. The number of aromatic amines is 1. The minimum absolute atomic E-state index is 0.0235. The highest BCUT2D eigenvalue weighted by Crippen LogP contribution is 2.20. The molecule has 1 amide bonds. The average molecular weight is 311 g/mol. The molecule has 1 aromatic heterocycles. The van der Waals surface area contributed by atoms with E-state index in [0.29, 0.717) is 0 Å². The molecule has 1 aliphatic carbocycles. The molecule has 1 heterocycles. The van der Waals surface area contributed by atoms with Crippen molar-refractivity contribution in [3.05, 3.63) is 32.6 Å². The standard InChI is InChI=1S/C13H17N3O6/c17-10-9(11(18)19)7-16(12(20)15-10)6-5-14-13(21)22-8-3-1-2-4-8/h7-8H,1-6H2,(H,14,21)(H,18,19)(H,15,17,20). The number of rotatable bonds is 5. The van der Waals surface area contributed by atoms with Crippen molar-refractivity contribution < 1.29 is 19.4 Å². The van der Waals surface area contributed by atoms with Gasteiger partial charge in [-0.05, 0) is 25.7 Å². The number of carboxylic acid groups (broad SMARTS) is 1. The second-order valence-corrected chi connectivity index (χ2v) is 5.04. The van der Waals surface area contributed by atoms with Gasteiger partial charge >= 0.3 is 17.8 Å². The first-order valence-corrected chi connectivity index (χ1v) is 6.99. The van der Waals surface area contributed by atoms with Crippen LogP contribution < -0.4 is 16.6 Å². The maximum Gasteiger partial charge on any atom is 0.407 e. The van der Waals surface area contributed by atoms with Gasteiger partial charge in [0.15, 0.2) is 0 Å². The fraction of sp³-hybridized carbons (Fsp3) is 0.538. The first-order chi connectivity index (χ1) is 10.5. The van der Waals surface area contributed by atoms with E-state index in [4.69, 9.17) is 9.84 Å². The molecule has 22 heavy (non-hydrogen) atoms. The average Bonchev–Trinajstić information content (AvgIpc) is 2.93. The maximum atomic E-state index is 11.5. The summed E-state index contributed by atoms with van der Waals surface area (Å²) in [6.07, 6.45) is 4.12. The summed E-state index contributed by atoms with van der Waals surface area (Å²) in [6, 6.07) is 0. The molecule has 2 rings (SSSR count). The van der Waals surface area contributed by atoms with E-state index in [-0.39, 0.29) is 19.2 Å². The molecular formula is C13H17N3O6. The van der Waals surface area contributed by atoms with Crippen LogP contribution in [-0.4, -0.2) is 39.4 Å². The van der Waals surface area contributed by atoms with Gasteiger partial charge in [-0.3, -0.25) is 14.3 Å². The summed E-state index contributed by atoms with van der Waals surface area (Å²) in [5.74, 6) is -1.43. The molecule has 0 unspecified atom stereocenters. The van der Waals surface area contributed by atoms with Crippen LogP contribution in [0, 0.1) is 0 Å². The number of aromatic carboxylic acids is 1. The molecule has 1 aliphatic rings. The van der Waals surface area contributed by atoms with E-state index < -0.39 is 28.9 Å². The second kappa shape index (κ2) is 6.92. The molecule has 9 heteroatoms. The molecule has 1 fully saturated rings. The smallest absolute Gasteiger partial charge is 0.407 e. The summed E-state index contributed by atoms with van der Waals surface area (Å²) in [5, 5.41) is 11.3. The lowest BCUT2D eigenvalue weighted by atomic mass is 10.3. The third kappa shape index (κ3) is 3.96. The minimum atomic E-state index is -1.43. The summed E-state index contributed by atoms with van der Waals surface area (Å²) in [5.41, 5.74) is -2.23. The topological polar surface area (TPSA) is 130 Å². The lowest BCUT2D eigenvalue weighted by molar-refractivity contribution is 0.0693. The monoisotopic (exact) mass is 311 g/mol. The lowest BCUT2D eigenvalue weighted by Gasteiger charge is -2.12. The SMILES string of the molecule is O=C(NCCn1cc(C(=O)O)c(=O)[nH]c1=O)OC1CCCC1. The number of ether oxygens (including phenoxy) is 1. The fourth-order valence-corrected chi connectivity index (χ4v) is 2.31. The number of carbonyl (C=O) groups is 2. The van der Waals surface area contributed by atoms with Crippen molar-refractivity contribution in [2.75, 3.05) is 6.54 Å². The van der Waals surface area contributed by atoms with E-state index in [9.17, 15) is 19.2 Å². The summed E-state index contributed by atoms with van der Waals surface area (Å²) in [6.45, 7) is 0.103. The van der Waals surface area contributed by atoms with Gasteiger partial charge in [0.05, 0.1) is 0 Å². The number of hydrogen-bond acceptors (Lipinski definition) is 5. The number of carbonyl (C=O) groups excluding carboxylic acids is 1. The molecule has 0 spiro atoms. The quantitative estimate of drug-likeness (QED) is 0.696. The Morgan fingerprint density at radius 2 is 2.05 bits per heavy atom. The van der Waals surface area contributed by atoms with Crippen LogP contribution in [0.5, 0.6) is 0 Å². The van der Waals surface area contributed by atoms with Gasteiger partial charge < -0.3 is 15.2 Å². The molecule has 3 N–H and O–H groups in total. The number of carboxylic acids is 1. The van der Waals surface area contributed by atoms with Gasteiger partial charge in [-0.25, -0.2) is 14.4 Å². The van der Waals surface area contributed by atoms with Crippen LogP contribution in [0.3, 0.4) is 0 Å². The van der Waals surface area contributed by atoms with Crippen LogP contribution >= 0.6 is 0 Å². The van der Waals surface area contributed by atoms with E-state index in [0.717, 1.165) is 36.4 Å². The summed E-state index contributed by atoms with van der Waals surface area (Å²) >= 11 is 0. The zero-order valence-electron chi connectivity index (χ0n) is 11.8. The third-order valence-corrected chi connectivity index (χ3v) is 3.44. The van der Waals surface area contributed by atoms with Gasteiger partial charge in [-0.1, -0.05) is 0 Å². The number of nitrogens with one attached hydrogen (secondary N) is 2. The van der Waals surface area contributed by atoms with Gasteiger partial charge in [-0.2, -0.15) is 0 Å². The van der Waals surface area contributed by atoms with E-state index >= 15 is 0 Å². The first kappa shape index (κ1) is 15.8. The molecule has 0 aliphatic heterocycles. The number of amides is 1. The van der Waals surface area contributed by atoms with E-state index in [2.05, 4.69) is 5.32 Å². The highest BCUT2D eigenvalue weighted by Gasteiger charge is 2.19. The third-order valence-electron chi connectivity index (χ3n) is 3.44. The Labute approximate surface area is 124 Å². The van der Waals surface area contributed by atoms with Crippen LogP contribution in [-0.2, 0) is 11.3 Å². The van der Waals surface area contributed by atoms with Crippen molar-refractivity contribution in [3.63, 3.8) is 0 Å². The molecule has 1 aromatic rings. The zero-order chi connectivity index (χ0) is 16.1. The Kier molecular flexibility index (Phi) is 4.97. The van der Waals surface area contributed by atoms with Gasteiger partial charge in [0.2, 0.25) is 0 Å². The van der Waals surface area contributed by atoms with Crippen molar-refractivity contribution in [1.29, 1.82) is 0 Å². The van der Waals surface area contributed by atoms with Crippen LogP contribution in [0.25, 0.3) is 0 Å². The Hall–Kier alpha value is -2.58. The molecule has 0 bridgehead atoms. The van der Waals surface area contributed by atoms with Gasteiger partial charge in [0, 0.05) is 19.3 Å². The number of alkyl carbamates (subject to hydrolysis) is 1. The van der Waals surface area contributed by atoms with Crippen LogP contribution in [0.4, 0.5) is 4.79 Å². The zero-order valence-corrected chi connectivity index (χ0v) is 11.8. The highest BCUT2D eigenvalue weighted by molar-refractivity contribution is 5.86. The normalized spacial score (nSPS) is 14.7. The predicted molar refractivity (Wildman–Crippen MR) is 75.0 cm³/mol. The predicted octanol–water partition coefficient (Wildman–Crippen LogP) is -0.0964. The van der Waals surface area contributed by atoms with Crippen molar-refractivity contribution in [2.24, 2.45) is 0 Å². The largest absolute Gasteiger partial charge is 0.477 e. The molecule has 120 valence electrons. The van der Waals surface area contributed by atoms with Gasteiger partial charge in [0.25, 0.3) is 5.56 Å². The fourth-order valence-electron chi connectivity index (χ4n) is 2.31. The lowest BCUT2D eigenvalue weighted by Crippen LogP contribution is -2.37. The first-order valence-electron chi connectivity index (χ1n) is 6.99. The Balaban J connectivity index is 1.90. The number of nitrogens with zero attached hydrogens (tertiary/aromatic N) is 1. The Morgan fingerprint density at radius 1 is 1.36 bits per heavy atom.